The zero-order chi connectivity index (χ0) is 19.0. The Hall–Kier alpha value is -3.00. The fraction of sp³-hybridized carbons (Fsp3) is 0.158. The Kier molecular flexibility index (Phi) is 4.49. The third kappa shape index (κ3) is 3.23. The molecule has 1 atom stereocenters. The van der Waals surface area contributed by atoms with Crippen LogP contribution in [0.3, 0.4) is 0 Å². The maximum Gasteiger partial charge on any atom is 0.266 e. The van der Waals surface area contributed by atoms with Crippen molar-refractivity contribution in [1.82, 2.24) is 19.7 Å². The molecule has 4 rings (SSSR count). The second-order valence-electron chi connectivity index (χ2n) is 5.94. The first-order chi connectivity index (χ1) is 13.0. The zero-order valence-corrected chi connectivity index (χ0v) is 15.4. The van der Waals surface area contributed by atoms with E-state index in [1.807, 2.05) is 6.92 Å². The summed E-state index contributed by atoms with van der Waals surface area (Å²) < 4.78 is 21.0. The molecule has 2 heterocycles. The molecule has 0 aliphatic carbocycles. The number of hydrogen-bond donors (Lipinski definition) is 0. The van der Waals surface area contributed by atoms with Gasteiger partial charge in [0, 0.05) is 0 Å². The lowest BCUT2D eigenvalue weighted by atomic mass is 10.2. The van der Waals surface area contributed by atoms with Gasteiger partial charge in [0.1, 0.15) is 5.82 Å². The molecule has 0 saturated heterocycles. The van der Waals surface area contributed by atoms with E-state index in [-0.39, 0.29) is 16.5 Å². The number of para-hydroxylation sites is 2. The van der Waals surface area contributed by atoms with Crippen LogP contribution >= 0.6 is 11.8 Å². The van der Waals surface area contributed by atoms with Gasteiger partial charge in [0.15, 0.2) is 11.0 Å². The third-order valence-electron chi connectivity index (χ3n) is 4.01. The first-order valence-electron chi connectivity index (χ1n) is 8.28. The van der Waals surface area contributed by atoms with Crippen molar-refractivity contribution < 1.29 is 8.91 Å². The molecule has 4 aromatic rings. The van der Waals surface area contributed by atoms with E-state index in [9.17, 15) is 9.18 Å². The van der Waals surface area contributed by atoms with Gasteiger partial charge in [0.05, 0.1) is 21.8 Å². The zero-order valence-electron chi connectivity index (χ0n) is 14.6. The monoisotopic (exact) mass is 382 g/mol. The number of hydrogen-bond acceptors (Lipinski definition) is 6. The molecule has 0 amide bonds. The highest BCUT2D eigenvalue weighted by Gasteiger charge is 2.21. The number of aryl methyl sites for hydroxylation is 1. The minimum Gasteiger partial charge on any atom is -0.338 e. The van der Waals surface area contributed by atoms with Crippen LogP contribution in [0, 0.1) is 12.7 Å². The minimum atomic E-state index is -0.500. The number of rotatable bonds is 4. The normalized spacial score (nSPS) is 12.4. The van der Waals surface area contributed by atoms with Gasteiger partial charge in [-0.1, -0.05) is 41.2 Å². The lowest BCUT2D eigenvalue weighted by Crippen LogP contribution is -2.22. The summed E-state index contributed by atoms with van der Waals surface area (Å²) in [6.45, 7) is 3.60. The number of aromatic nitrogens is 4. The molecule has 0 saturated carbocycles. The van der Waals surface area contributed by atoms with Gasteiger partial charge in [-0.05, 0) is 38.1 Å². The van der Waals surface area contributed by atoms with Crippen molar-refractivity contribution in [3.63, 3.8) is 0 Å². The third-order valence-corrected chi connectivity index (χ3v) is 5.05. The Morgan fingerprint density at radius 3 is 2.59 bits per heavy atom. The largest absolute Gasteiger partial charge is 0.338 e. The van der Waals surface area contributed by atoms with E-state index < -0.39 is 5.82 Å². The molecule has 0 bridgehead atoms. The fourth-order valence-corrected chi connectivity index (χ4v) is 3.67. The number of thioether (sulfide) groups is 1. The average Bonchev–Trinajstić information content (AvgIpc) is 3.10. The highest BCUT2D eigenvalue weighted by molar-refractivity contribution is 7.99. The molecule has 0 fully saturated rings. The van der Waals surface area contributed by atoms with Crippen molar-refractivity contribution in [2.45, 2.75) is 24.3 Å². The van der Waals surface area contributed by atoms with Crippen molar-refractivity contribution in [3.05, 3.63) is 76.4 Å². The van der Waals surface area contributed by atoms with E-state index in [0.29, 0.717) is 27.8 Å². The van der Waals surface area contributed by atoms with E-state index in [0.717, 1.165) is 0 Å². The maximum atomic E-state index is 14.5. The molecule has 0 aliphatic heterocycles. The van der Waals surface area contributed by atoms with E-state index in [2.05, 4.69) is 15.1 Å². The van der Waals surface area contributed by atoms with Gasteiger partial charge < -0.3 is 4.52 Å². The number of nitrogens with zero attached hydrogens (tertiary/aromatic N) is 4. The van der Waals surface area contributed by atoms with Crippen molar-refractivity contribution in [2.24, 2.45) is 0 Å². The second kappa shape index (κ2) is 6.96. The summed E-state index contributed by atoms with van der Waals surface area (Å²) in [6, 6.07) is 13.1. The quantitative estimate of drug-likeness (QED) is 0.391. The summed E-state index contributed by atoms with van der Waals surface area (Å²) in [5.41, 5.74) is 0.366. The molecule has 2 aromatic carbocycles. The molecule has 6 nitrogen and oxygen atoms in total. The summed E-state index contributed by atoms with van der Waals surface area (Å²) in [5, 5.41) is 4.30. The van der Waals surface area contributed by atoms with E-state index >= 15 is 0 Å². The molecular formula is C19H15FN4O2S. The lowest BCUT2D eigenvalue weighted by molar-refractivity contribution is 0.376. The Morgan fingerprint density at radius 1 is 1.11 bits per heavy atom. The molecule has 0 spiro atoms. The summed E-state index contributed by atoms with van der Waals surface area (Å²) >= 11 is 1.26. The SMILES string of the molecule is Cc1noc(C(C)Sc2nc3ccccc3c(=O)n2-c2ccccc2F)n1. The molecule has 1 unspecified atom stereocenters. The van der Waals surface area contributed by atoms with Gasteiger partial charge in [-0.2, -0.15) is 4.98 Å². The van der Waals surface area contributed by atoms with Crippen LogP contribution in [0.25, 0.3) is 16.6 Å². The topological polar surface area (TPSA) is 73.8 Å². The van der Waals surface area contributed by atoms with E-state index in [1.165, 1.54) is 22.4 Å². The van der Waals surface area contributed by atoms with Crippen molar-refractivity contribution in [1.29, 1.82) is 0 Å². The predicted octanol–water partition coefficient (Wildman–Crippen LogP) is 4.07. The van der Waals surface area contributed by atoms with Gasteiger partial charge in [-0.3, -0.25) is 9.36 Å². The first-order valence-corrected chi connectivity index (χ1v) is 9.16. The number of fused-ring (bicyclic) bond motifs is 1. The van der Waals surface area contributed by atoms with E-state index in [4.69, 9.17) is 4.52 Å². The molecule has 0 N–H and O–H groups in total. The highest BCUT2D eigenvalue weighted by Crippen LogP contribution is 2.34. The van der Waals surface area contributed by atoms with Gasteiger partial charge in [0.2, 0.25) is 5.89 Å². The van der Waals surface area contributed by atoms with Gasteiger partial charge >= 0.3 is 0 Å². The maximum absolute atomic E-state index is 14.5. The molecule has 136 valence electrons. The van der Waals surface area contributed by atoms with Crippen molar-refractivity contribution in [2.75, 3.05) is 0 Å². The van der Waals surface area contributed by atoms with Crippen LogP contribution in [0.4, 0.5) is 4.39 Å². The van der Waals surface area contributed by atoms with Gasteiger partial charge in [0.25, 0.3) is 5.56 Å². The molecular weight excluding hydrogens is 367 g/mol. The Labute approximate surface area is 158 Å². The lowest BCUT2D eigenvalue weighted by Gasteiger charge is -2.15. The Bertz CT molecular complexity index is 1190. The van der Waals surface area contributed by atoms with Crippen LogP contribution in [0.5, 0.6) is 0 Å². The predicted molar refractivity (Wildman–Crippen MR) is 101 cm³/mol. The van der Waals surface area contributed by atoms with Crippen LogP contribution in [0.1, 0.15) is 23.9 Å². The standard InChI is InChI=1S/C19H15FN4O2S/c1-11(17-21-12(2)23-26-17)27-19-22-15-9-5-3-7-13(15)18(25)24(19)16-10-6-4-8-14(16)20/h3-11H,1-2H3. The van der Waals surface area contributed by atoms with Crippen molar-refractivity contribution >= 4 is 22.7 Å². The highest BCUT2D eigenvalue weighted by atomic mass is 32.2. The van der Waals surface area contributed by atoms with Crippen molar-refractivity contribution in [3.8, 4) is 5.69 Å². The van der Waals surface area contributed by atoms with Crippen LogP contribution in [0.15, 0.2) is 63.0 Å². The summed E-state index contributed by atoms with van der Waals surface area (Å²) in [6.07, 6.45) is 0. The van der Waals surface area contributed by atoms with Crippen LogP contribution in [-0.4, -0.2) is 19.7 Å². The van der Waals surface area contributed by atoms with Gasteiger partial charge in [-0.15, -0.1) is 0 Å². The fourth-order valence-electron chi connectivity index (χ4n) is 2.72. The first kappa shape index (κ1) is 17.4. The summed E-state index contributed by atoms with van der Waals surface area (Å²) in [4.78, 5) is 21.9. The molecule has 2 aromatic heterocycles. The Balaban J connectivity index is 1.91. The van der Waals surface area contributed by atoms with Crippen LogP contribution in [0.2, 0.25) is 0 Å². The summed E-state index contributed by atoms with van der Waals surface area (Å²) in [7, 11) is 0. The molecule has 0 aliphatic rings. The second-order valence-corrected chi connectivity index (χ2v) is 7.25. The van der Waals surface area contributed by atoms with Gasteiger partial charge in [-0.25, -0.2) is 9.37 Å². The molecule has 0 radical (unpaired) electrons. The van der Waals surface area contributed by atoms with Crippen LogP contribution < -0.4 is 5.56 Å². The smallest absolute Gasteiger partial charge is 0.266 e. The minimum absolute atomic E-state index is 0.150. The Morgan fingerprint density at radius 2 is 1.85 bits per heavy atom. The average molecular weight is 382 g/mol. The summed E-state index contributed by atoms with van der Waals surface area (Å²) in [5.74, 6) is 0.440. The number of halogens is 1. The molecule has 8 heteroatoms. The molecule has 27 heavy (non-hydrogen) atoms. The van der Waals surface area contributed by atoms with Crippen LogP contribution in [-0.2, 0) is 0 Å². The number of benzene rings is 2. The van der Waals surface area contributed by atoms with E-state index in [1.54, 1.807) is 49.4 Å².